The molecule has 0 radical (unpaired) electrons. The number of para-hydroxylation sites is 1. The monoisotopic (exact) mass is 326 g/mol. The van der Waals surface area contributed by atoms with Crippen molar-refractivity contribution >= 4 is 6.08 Å². The third kappa shape index (κ3) is 2.81. The van der Waals surface area contributed by atoms with Gasteiger partial charge < -0.3 is 4.74 Å². The number of ether oxygens (including phenoxy) is 1. The van der Waals surface area contributed by atoms with Crippen molar-refractivity contribution in [2.75, 3.05) is 0 Å². The maximum Gasteiger partial charge on any atom is 0.369 e. The van der Waals surface area contributed by atoms with Gasteiger partial charge in [-0.05, 0) is 29.0 Å². The average Bonchev–Trinajstić information content (AvgIpc) is 2.93. The Morgan fingerprint density at radius 2 is 2.25 bits per heavy atom. The summed E-state index contributed by atoms with van der Waals surface area (Å²) in [4.78, 5) is 12.1. The molecule has 3 rings (SSSR count). The molecule has 0 aliphatic heterocycles. The molecule has 0 bridgehead atoms. The summed E-state index contributed by atoms with van der Waals surface area (Å²) < 4.78 is 15.7. The van der Waals surface area contributed by atoms with Crippen molar-refractivity contribution in [3.63, 3.8) is 0 Å². The van der Waals surface area contributed by atoms with E-state index in [1.165, 1.54) is 13.2 Å². The van der Waals surface area contributed by atoms with Crippen molar-refractivity contribution < 1.29 is 6.11 Å². The molecular formula is C16H16N6O2. The minimum absolute atomic E-state index is 0.132. The summed E-state index contributed by atoms with van der Waals surface area (Å²) in [6, 6.07) is 5.50. The van der Waals surface area contributed by atoms with Crippen molar-refractivity contribution in [2.24, 2.45) is 7.05 Å². The van der Waals surface area contributed by atoms with E-state index in [0.29, 0.717) is 22.9 Å². The van der Waals surface area contributed by atoms with Crippen LogP contribution in [0.25, 0.3) is 11.9 Å². The van der Waals surface area contributed by atoms with E-state index in [9.17, 15) is 4.79 Å². The molecule has 2 aromatic heterocycles. The van der Waals surface area contributed by atoms with Crippen LogP contribution in [0.4, 0.5) is 0 Å². The molecule has 0 saturated heterocycles. The Bertz CT molecular complexity index is 995. The van der Waals surface area contributed by atoms with Gasteiger partial charge in [0.2, 0.25) is 0 Å². The highest BCUT2D eigenvalue weighted by Gasteiger charge is 2.16. The summed E-state index contributed by atoms with van der Waals surface area (Å²) in [5.41, 5.74) is 1.69. The van der Waals surface area contributed by atoms with Gasteiger partial charge >= 0.3 is 5.69 Å². The van der Waals surface area contributed by atoms with Gasteiger partial charge in [0.15, 0.2) is 5.82 Å². The molecule has 8 nitrogen and oxygen atoms in total. The Morgan fingerprint density at radius 3 is 2.92 bits per heavy atom. The number of hydrogen-bond donors (Lipinski definition) is 0. The maximum atomic E-state index is 12.1. The number of hydrogen-bond acceptors (Lipinski definition) is 6. The van der Waals surface area contributed by atoms with Gasteiger partial charge in [0.1, 0.15) is 12.4 Å². The first-order valence-electron chi connectivity index (χ1n) is 7.67. The van der Waals surface area contributed by atoms with Crippen molar-refractivity contribution in [1.29, 1.82) is 0 Å². The van der Waals surface area contributed by atoms with Crippen LogP contribution in [-0.2, 0) is 13.7 Å². The van der Waals surface area contributed by atoms with E-state index in [2.05, 4.69) is 27.2 Å². The average molecular weight is 326 g/mol. The molecule has 24 heavy (non-hydrogen) atoms. The zero-order chi connectivity index (χ0) is 18.0. The molecule has 0 unspecified atom stereocenters. The quantitative estimate of drug-likeness (QED) is 0.702. The smallest absolute Gasteiger partial charge is 0.369 e. The van der Waals surface area contributed by atoms with E-state index >= 15 is 0 Å². The van der Waals surface area contributed by atoms with E-state index < -0.39 is 5.69 Å². The molecular weight excluding hydrogens is 308 g/mol. The van der Waals surface area contributed by atoms with Crippen molar-refractivity contribution in [3.05, 3.63) is 64.2 Å². The molecule has 3 aromatic rings. The molecule has 0 aliphatic rings. The summed E-state index contributed by atoms with van der Waals surface area (Å²) in [5, 5.41) is 15.4. The maximum absolute atomic E-state index is 12.1. The Kier molecular flexibility index (Phi) is 3.85. The zero-order valence-corrected chi connectivity index (χ0v) is 13.3. The lowest BCUT2D eigenvalue weighted by Gasteiger charge is -2.12. The second-order valence-electron chi connectivity index (χ2n) is 5.08. The number of aromatic nitrogens is 6. The first-order valence-corrected chi connectivity index (χ1v) is 7.17. The summed E-state index contributed by atoms with van der Waals surface area (Å²) in [6.45, 7) is 5.76. The fourth-order valence-electron chi connectivity index (χ4n) is 2.17. The van der Waals surface area contributed by atoms with Gasteiger partial charge in [-0.2, -0.15) is 9.78 Å². The van der Waals surface area contributed by atoms with Gasteiger partial charge in [-0.1, -0.05) is 30.8 Å². The van der Waals surface area contributed by atoms with Crippen LogP contribution in [0.1, 0.15) is 18.1 Å². The van der Waals surface area contributed by atoms with Crippen LogP contribution < -0.4 is 10.4 Å². The van der Waals surface area contributed by atoms with Crippen molar-refractivity contribution in [1.82, 2.24) is 30.0 Å². The highest BCUT2D eigenvalue weighted by atomic mass is 16.5. The van der Waals surface area contributed by atoms with Crippen LogP contribution in [0.2, 0.25) is 0 Å². The normalized spacial score (nSPS) is 11.2. The number of nitrogens with zero attached hydrogens (tertiary/aromatic N) is 6. The van der Waals surface area contributed by atoms with E-state index in [4.69, 9.17) is 6.11 Å². The number of benzene rings is 1. The van der Waals surface area contributed by atoms with Gasteiger partial charge in [-0.25, -0.2) is 4.79 Å². The first kappa shape index (κ1) is 14.3. The minimum atomic E-state index is -0.438. The zero-order valence-electron chi connectivity index (χ0n) is 14.3. The number of tetrazole rings is 1. The standard InChI is InChI=1S/C16H16N6O2/c1-4-12-9-17-18-15(22-16(23)21(3)19-20-22)13(12)10-24-14-8-6-5-7-11(14)2/h4-9H,1,10H2,2-3H3/i5T. The lowest BCUT2D eigenvalue weighted by molar-refractivity contribution is 0.302. The Balaban J connectivity index is 2.01. The van der Waals surface area contributed by atoms with Crippen LogP contribution in [0.15, 0.2) is 41.8 Å². The van der Waals surface area contributed by atoms with Gasteiger partial charge in [0, 0.05) is 18.2 Å². The largest absolute Gasteiger partial charge is 0.488 e. The summed E-state index contributed by atoms with van der Waals surface area (Å²) >= 11 is 0. The van der Waals surface area contributed by atoms with E-state index in [1.807, 2.05) is 6.92 Å². The third-order valence-electron chi connectivity index (χ3n) is 3.50. The highest BCUT2D eigenvalue weighted by Crippen LogP contribution is 2.21. The molecule has 0 fully saturated rings. The van der Waals surface area contributed by atoms with Gasteiger partial charge in [0.05, 0.1) is 7.57 Å². The second-order valence-corrected chi connectivity index (χ2v) is 5.08. The van der Waals surface area contributed by atoms with Gasteiger partial charge in [-0.3, -0.25) is 0 Å². The molecule has 0 spiro atoms. The third-order valence-corrected chi connectivity index (χ3v) is 3.50. The fourth-order valence-corrected chi connectivity index (χ4v) is 2.17. The van der Waals surface area contributed by atoms with Crippen LogP contribution in [-0.4, -0.2) is 30.0 Å². The van der Waals surface area contributed by atoms with Gasteiger partial charge in [0.25, 0.3) is 0 Å². The van der Waals surface area contributed by atoms with Crippen LogP contribution in [0.3, 0.4) is 0 Å². The topological polar surface area (TPSA) is 87.7 Å². The van der Waals surface area contributed by atoms with Crippen LogP contribution in [0, 0.1) is 6.92 Å². The lowest BCUT2D eigenvalue weighted by Crippen LogP contribution is -2.24. The molecule has 0 atom stereocenters. The van der Waals surface area contributed by atoms with Crippen LogP contribution >= 0.6 is 0 Å². The number of rotatable bonds is 5. The summed E-state index contributed by atoms with van der Waals surface area (Å²) in [6.07, 6.45) is 3.15. The molecule has 122 valence electrons. The SMILES string of the molecule is [3H]c1ccc(OCc2c(C=C)cnnc2-n2nnn(C)c2=O)c(C)c1. The lowest BCUT2D eigenvalue weighted by atomic mass is 10.1. The second kappa shape index (κ2) is 6.45. The molecule has 8 heteroatoms. The van der Waals surface area contributed by atoms with E-state index in [-0.39, 0.29) is 12.4 Å². The Hall–Kier alpha value is -3.29. The molecule has 2 heterocycles. The van der Waals surface area contributed by atoms with Crippen molar-refractivity contribution in [2.45, 2.75) is 13.5 Å². The van der Waals surface area contributed by atoms with E-state index in [1.54, 1.807) is 24.3 Å². The van der Waals surface area contributed by atoms with Crippen LogP contribution in [0.5, 0.6) is 5.75 Å². The molecule has 0 saturated carbocycles. The number of aryl methyl sites for hydroxylation is 2. The minimum Gasteiger partial charge on any atom is -0.488 e. The molecule has 1 aromatic carbocycles. The molecule has 0 aliphatic carbocycles. The first-order chi connectivity index (χ1) is 12.0. The Morgan fingerprint density at radius 1 is 1.42 bits per heavy atom. The Labute approximate surface area is 139 Å². The van der Waals surface area contributed by atoms with Crippen molar-refractivity contribution in [3.8, 4) is 11.6 Å². The summed E-state index contributed by atoms with van der Waals surface area (Å²) in [7, 11) is 1.50. The predicted molar refractivity (Wildman–Crippen MR) is 87.8 cm³/mol. The molecule has 0 N–H and O–H groups in total. The highest BCUT2D eigenvalue weighted by molar-refractivity contribution is 5.54. The summed E-state index contributed by atoms with van der Waals surface area (Å²) in [5.74, 6) is 0.880. The molecule has 0 amide bonds. The van der Waals surface area contributed by atoms with E-state index in [0.717, 1.165) is 14.9 Å². The van der Waals surface area contributed by atoms with Gasteiger partial charge in [-0.15, -0.1) is 9.78 Å². The fraction of sp³-hybridized carbons (Fsp3) is 0.188. The predicted octanol–water partition coefficient (Wildman–Crippen LogP) is 1.29.